The Morgan fingerprint density at radius 1 is 1.17 bits per heavy atom. The van der Waals surface area contributed by atoms with Gasteiger partial charge in [0, 0.05) is 25.1 Å². The molecule has 0 spiro atoms. The molecule has 23 heavy (non-hydrogen) atoms. The second-order valence-electron chi connectivity index (χ2n) is 5.81. The van der Waals surface area contributed by atoms with Crippen molar-refractivity contribution < 1.29 is 14.4 Å². The van der Waals surface area contributed by atoms with Crippen LogP contribution in [0.25, 0.3) is 11.4 Å². The zero-order chi connectivity index (χ0) is 16.1. The molecule has 1 saturated heterocycles. The molecule has 1 fully saturated rings. The number of hydrogen-bond donors (Lipinski definition) is 1. The van der Waals surface area contributed by atoms with E-state index in [2.05, 4.69) is 10.1 Å². The van der Waals surface area contributed by atoms with Gasteiger partial charge in [-0.2, -0.15) is 4.98 Å². The summed E-state index contributed by atoms with van der Waals surface area (Å²) in [6, 6.07) is 7.72. The van der Waals surface area contributed by atoms with Crippen molar-refractivity contribution in [2.45, 2.75) is 38.6 Å². The first-order chi connectivity index (χ1) is 11.3. The molecule has 122 valence electrons. The summed E-state index contributed by atoms with van der Waals surface area (Å²) in [5.41, 5.74) is 1.93. The van der Waals surface area contributed by atoms with Crippen LogP contribution in [0.15, 0.2) is 28.8 Å². The van der Waals surface area contributed by atoms with Crippen molar-refractivity contribution in [1.29, 1.82) is 0 Å². The van der Waals surface area contributed by atoms with E-state index in [1.165, 1.54) is 0 Å². The Kier molecular flexibility index (Phi) is 5.02. The molecule has 3 rings (SSSR count). The average Bonchev–Trinajstić information content (AvgIpc) is 2.93. The van der Waals surface area contributed by atoms with Gasteiger partial charge in [-0.3, -0.25) is 4.79 Å². The van der Waals surface area contributed by atoms with E-state index in [0.717, 1.165) is 36.9 Å². The number of nitrogens with zero attached hydrogens (tertiary/aromatic N) is 3. The van der Waals surface area contributed by atoms with Gasteiger partial charge in [-0.05, 0) is 24.8 Å². The Morgan fingerprint density at radius 3 is 2.78 bits per heavy atom. The maximum Gasteiger partial charge on any atom is 0.246 e. The predicted octanol–water partition coefficient (Wildman–Crippen LogP) is 2.17. The summed E-state index contributed by atoms with van der Waals surface area (Å²) in [5, 5.41) is 12.9. The first-order valence-corrected chi connectivity index (χ1v) is 8.07. The van der Waals surface area contributed by atoms with Gasteiger partial charge in [0.05, 0.1) is 6.54 Å². The summed E-state index contributed by atoms with van der Waals surface area (Å²) in [4.78, 5) is 18.2. The van der Waals surface area contributed by atoms with Gasteiger partial charge in [0.1, 0.15) is 0 Å². The highest BCUT2D eigenvalue weighted by Gasteiger charge is 2.19. The first kappa shape index (κ1) is 15.7. The summed E-state index contributed by atoms with van der Waals surface area (Å²) >= 11 is 0. The molecule has 1 amide bonds. The minimum Gasteiger partial charge on any atom is -0.396 e. The molecular weight excluding hydrogens is 294 g/mol. The van der Waals surface area contributed by atoms with Crippen LogP contribution in [0, 0.1) is 0 Å². The van der Waals surface area contributed by atoms with E-state index in [1.807, 2.05) is 24.3 Å². The number of aromatic nitrogens is 2. The summed E-state index contributed by atoms with van der Waals surface area (Å²) in [5.74, 6) is 1.16. The number of carbonyl (C=O) groups excluding carboxylic acids is 1. The molecule has 6 nitrogen and oxygen atoms in total. The molecule has 0 radical (unpaired) electrons. The molecule has 1 aliphatic rings. The fourth-order valence-electron chi connectivity index (χ4n) is 2.75. The molecule has 6 heteroatoms. The summed E-state index contributed by atoms with van der Waals surface area (Å²) in [7, 11) is 0. The SMILES string of the molecule is O=C1CCCCCN1Cc1nc(-c2ccc(CCO)cc2)no1. The lowest BCUT2D eigenvalue weighted by atomic mass is 10.1. The molecule has 0 unspecified atom stereocenters. The highest BCUT2D eigenvalue weighted by Crippen LogP contribution is 2.19. The van der Waals surface area contributed by atoms with E-state index >= 15 is 0 Å². The zero-order valence-electron chi connectivity index (χ0n) is 13.1. The third-order valence-corrected chi connectivity index (χ3v) is 4.08. The van der Waals surface area contributed by atoms with Crippen LogP contribution in [-0.4, -0.2) is 39.2 Å². The van der Waals surface area contributed by atoms with E-state index < -0.39 is 0 Å². The van der Waals surface area contributed by atoms with Crippen LogP contribution < -0.4 is 0 Å². The summed E-state index contributed by atoms with van der Waals surface area (Å²) in [6.07, 6.45) is 4.32. The van der Waals surface area contributed by atoms with Crippen LogP contribution >= 0.6 is 0 Å². The monoisotopic (exact) mass is 315 g/mol. The van der Waals surface area contributed by atoms with Gasteiger partial charge in [-0.25, -0.2) is 0 Å². The second-order valence-corrected chi connectivity index (χ2v) is 5.81. The lowest BCUT2D eigenvalue weighted by Crippen LogP contribution is -2.29. The number of amides is 1. The van der Waals surface area contributed by atoms with Crippen molar-refractivity contribution in [3.05, 3.63) is 35.7 Å². The minimum atomic E-state index is 0.134. The van der Waals surface area contributed by atoms with Gasteiger partial charge >= 0.3 is 0 Å². The third kappa shape index (κ3) is 3.96. The molecule has 2 heterocycles. The van der Waals surface area contributed by atoms with E-state index in [9.17, 15) is 4.79 Å². The first-order valence-electron chi connectivity index (χ1n) is 8.07. The molecular formula is C17H21N3O3. The van der Waals surface area contributed by atoms with Gasteiger partial charge in [-0.1, -0.05) is 35.8 Å². The largest absolute Gasteiger partial charge is 0.396 e. The molecule has 0 aliphatic carbocycles. The van der Waals surface area contributed by atoms with Crippen LogP contribution in [0.2, 0.25) is 0 Å². The van der Waals surface area contributed by atoms with E-state index in [4.69, 9.17) is 9.63 Å². The van der Waals surface area contributed by atoms with Gasteiger partial charge in [0.15, 0.2) is 0 Å². The second kappa shape index (κ2) is 7.37. The quantitative estimate of drug-likeness (QED) is 0.915. The molecule has 2 aromatic rings. The number of likely N-dealkylation sites (tertiary alicyclic amines) is 1. The number of aliphatic hydroxyl groups is 1. The predicted molar refractivity (Wildman–Crippen MR) is 84.4 cm³/mol. The fraction of sp³-hybridized carbons (Fsp3) is 0.471. The van der Waals surface area contributed by atoms with Crippen molar-refractivity contribution in [2.24, 2.45) is 0 Å². The number of aliphatic hydroxyl groups excluding tert-OH is 1. The molecule has 0 saturated carbocycles. The molecule has 0 atom stereocenters. The average molecular weight is 315 g/mol. The maximum absolute atomic E-state index is 12.0. The number of hydrogen-bond acceptors (Lipinski definition) is 5. The van der Waals surface area contributed by atoms with Crippen molar-refractivity contribution in [1.82, 2.24) is 15.0 Å². The standard InChI is InChI=1S/C17H21N3O3/c21-11-9-13-5-7-14(8-6-13)17-18-15(23-19-17)12-20-10-3-1-2-4-16(20)22/h5-8,21H,1-4,9-12H2. The Balaban J connectivity index is 1.68. The zero-order valence-corrected chi connectivity index (χ0v) is 13.1. The molecule has 0 bridgehead atoms. The normalized spacial score (nSPS) is 15.7. The van der Waals surface area contributed by atoms with Crippen LogP contribution in [0.1, 0.15) is 37.1 Å². The van der Waals surface area contributed by atoms with E-state index in [1.54, 1.807) is 4.90 Å². The van der Waals surface area contributed by atoms with E-state index in [0.29, 0.717) is 31.1 Å². The van der Waals surface area contributed by atoms with Crippen LogP contribution in [0.3, 0.4) is 0 Å². The Hall–Kier alpha value is -2.21. The van der Waals surface area contributed by atoms with Gasteiger partial charge in [0.2, 0.25) is 17.6 Å². The van der Waals surface area contributed by atoms with Crippen molar-refractivity contribution in [2.75, 3.05) is 13.2 Å². The number of carbonyl (C=O) groups is 1. The fourth-order valence-corrected chi connectivity index (χ4v) is 2.75. The van der Waals surface area contributed by atoms with Gasteiger partial charge < -0.3 is 14.5 Å². The van der Waals surface area contributed by atoms with E-state index in [-0.39, 0.29) is 12.5 Å². The number of rotatable bonds is 5. The summed E-state index contributed by atoms with van der Waals surface area (Å²) < 4.78 is 5.29. The lowest BCUT2D eigenvalue weighted by Gasteiger charge is -2.17. The Labute approximate surface area is 135 Å². The molecule has 1 N–H and O–H groups in total. The highest BCUT2D eigenvalue weighted by molar-refractivity contribution is 5.76. The lowest BCUT2D eigenvalue weighted by molar-refractivity contribution is -0.131. The smallest absolute Gasteiger partial charge is 0.246 e. The third-order valence-electron chi connectivity index (χ3n) is 4.08. The van der Waals surface area contributed by atoms with Crippen molar-refractivity contribution >= 4 is 5.91 Å². The van der Waals surface area contributed by atoms with Crippen molar-refractivity contribution in [3.8, 4) is 11.4 Å². The highest BCUT2D eigenvalue weighted by atomic mass is 16.5. The van der Waals surface area contributed by atoms with Gasteiger partial charge in [-0.15, -0.1) is 0 Å². The maximum atomic E-state index is 12.0. The molecule has 1 aromatic carbocycles. The minimum absolute atomic E-state index is 0.134. The Morgan fingerprint density at radius 2 is 2.00 bits per heavy atom. The van der Waals surface area contributed by atoms with Gasteiger partial charge in [0.25, 0.3) is 0 Å². The molecule has 1 aromatic heterocycles. The summed E-state index contributed by atoms with van der Waals surface area (Å²) in [6.45, 7) is 1.27. The van der Waals surface area contributed by atoms with Crippen LogP contribution in [-0.2, 0) is 17.8 Å². The van der Waals surface area contributed by atoms with Crippen LogP contribution in [0.5, 0.6) is 0 Å². The topological polar surface area (TPSA) is 79.5 Å². The van der Waals surface area contributed by atoms with Crippen molar-refractivity contribution in [3.63, 3.8) is 0 Å². The number of benzene rings is 1. The molecule has 1 aliphatic heterocycles. The van der Waals surface area contributed by atoms with Crippen LogP contribution in [0.4, 0.5) is 0 Å². The Bertz CT molecular complexity index is 651.